The van der Waals surface area contributed by atoms with Crippen LogP contribution in [0.4, 0.5) is 4.39 Å². The lowest BCUT2D eigenvalue weighted by atomic mass is 9.79. The van der Waals surface area contributed by atoms with Crippen molar-refractivity contribution in [3.8, 4) is 0 Å². The Bertz CT molecular complexity index is 505. The number of hydrogen-bond donors (Lipinski definition) is 1. The maximum absolute atomic E-state index is 13.8. The molecule has 3 atom stereocenters. The molecular formula is C16H21BrFNO2. The summed E-state index contributed by atoms with van der Waals surface area (Å²) in [6.07, 6.45) is 2.93. The van der Waals surface area contributed by atoms with Crippen LogP contribution in [-0.4, -0.2) is 32.5 Å². The summed E-state index contributed by atoms with van der Waals surface area (Å²) in [7, 11) is 1.94. The van der Waals surface area contributed by atoms with E-state index >= 15 is 0 Å². The molecule has 2 fully saturated rings. The second-order valence-electron chi connectivity index (χ2n) is 6.03. The Labute approximate surface area is 133 Å². The van der Waals surface area contributed by atoms with Gasteiger partial charge in [-0.05, 0) is 59.4 Å². The molecule has 3 nitrogen and oxygen atoms in total. The minimum atomic E-state index is -0.210. The van der Waals surface area contributed by atoms with Crippen LogP contribution in [0.5, 0.6) is 0 Å². The van der Waals surface area contributed by atoms with Gasteiger partial charge in [0.05, 0.1) is 16.7 Å². The van der Waals surface area contributed by atoms with Gasteiger partial charge in [0, 0.05) is 25.7 Å². The maximum atomic E-state index is 13.8. The molecule has 2 saturated heterocycles. The Hall–Kier alpha value is -0.490. The van der Waals surface area contributed by atoms with Gasteiger partial charge in [0.15, 0.2) is 0 Å². The first kappa shape index (κ1) is 15.4. The zero-order valence-electron chi connectivity index (χ0n) is 12.2. The van der Waals surface area contributed by atoms with Crippen LogP contribution in [0.2, 0.25) is 0 Å². The summed E-state index contributed by atoms with van der Waals surface area (Å²) in [6.45, 7) is 2.23. The van der Waals surface area contributed by atoms with Crippen LogP contribution in [0.3, 0.4) is 0 Å². The quantitative estimate of drug-likeness (QED) is 0.898. The van der Waals surface area contributed by atoms with E-state index in [4.69, 9.17) is 9.47 Å². The molecule has 21 heavy (non-hydrogen) atoms. The van der Waals surface area contributed by atoms with Crippen LogP contribution >= 0.6 is 15.9 Å². The van der Waals surface area contributed by atoms with Gasteiger partial charge in [0.25, 0.3) is 0 Å². The predicted molar refractivity (Wildman–Crippen MR) is 82.7 cm³/mol. The fourth-order valence-corrected chi connectivity index (χ4v) is 3.84. The van der Waals surface area contributed by atoms with E-state index in [1.165, 1.54) is 0 Å². The lowest BCUT2D eigenvalue weighted by Gasteiger charge is -2.40. The first-order chi connectivity index (χ1) is 10.1. The zero-order chi connectivity index (χ0) is 14.9. The predicted octanol–water partition coefficient (Wildman–Crippen LogP) is 3.43. The highest BCUT2D eigenvalue weighted by atomic mass is 79.9. The first-order valence-corrected chi connectivity index (χ1v) is 8.27. The van der Waals surface area contributed by atoms with E-state index in [2.05, 4.69) is 21.2 Å². The van der Waals surface area contributed by atoms with Crippen LogP contribution in [0.1, 0.15) is 30.9 Å². The molecule has 1 aromatic rings. The van der Waals surface area contributed by atoms with Crippen molar-refractivity contribution in [3.63, 3.8) is 0 Å². The van der Waals surface area contributed by atoms with Crippen LogP contribution in [0.25, 0.3) is 0 Å². The second-order valence-corrected chi connectivity index (χ2v) is 6.88. The molecule has 0 aromatic heterocycles. The van der Waals surface area contributed by atoms with Crippen molar-refractivity contribution in [1.29, 1.82) is 0 Å². The number of ether oxygens (including phenoxy) is 2. The Morgan fingerprint density at radius 3 is 2.95 bits per heavy atom. The van der Waals surface area contributed by atoms with E-state index in [0.717, 1.165) is 38.0 Å². The summed E-state index contributed by atoms with van der Waals surface area (Å²) in [5.74, 6) is 0.227. The number of halogens is 2. The largest absolute Gasteiger partial charge is 0.378 e. The first-order valence-electron chi connectivity index (χ1n) is 7.47. The third-order valence-corrected chi connectivity index (χ3v) is 5.33. The SMILES string of the molecule is CNC(c1ccc(Br)c(F)c1)C1CCOC2(CCOC2)C1. The summed E-state index contributed by atoms with van der Waals surface area (Å²) in [5.41, 5.74) is 0.880. The minimum Gasteiger partial charge on any atom is -0.378 e. The average Bonchev–Trinajstić information content (AvgIpc) is 2.91. The van der Waals surface area contributed by atoms with Crippen LogP contribution in [0, 0.1) is 11.7 Å². The fraction of sp³-hybridized carbons (Fsp3) is 0.625. The van der Waals surface area contributed by atoms with E-state index in [-0.39, 0.29) is 17.5 Å². The molecule has 2 heterocycles. The van der Waals surface area contributed by atoms with Gasteiger partial charge in [-0.15, -0.1) is 0 Å². The third kappa shape index (κ3) is 3.16. The molecule has 3 rings (SSSR count). The lowest BCUT2D eigenvalue weighted by molar-refractivity contribution is -0.103. The smallest absolute Gasteiger partial charge is 0.137 e. The highest BCUT2D eigenvalue weighted by Crippen LogP contribution is 2.41. The van der Waals surface area contributed by atoms with Crippen molar-refractivity contribution in [1.82, 2.24) is 5.32 Å². The average molecular weight is 358 g/mol. The second kappa shape index (κ2) is 6.32. The molecule has 0 amide bonds. The highest BCUT2D eigenvalue weighted by molar-refractivity contribution is 9.10. The Balaban J connectivity index is 1.80. The normalized spacial score (nSPS) is 30.7. The molecule has 1 spiro atoms. The Morgan fingerprint density at radius 1 is 1.43 bits per heavy atom. The Kier molecular flexibility index (Phi) is 4.64. The molecule has 0 aliphatic carbocycles. The summed E-state index contributed by atoms with van der Waals surface area (Å²) in [4.78, 5) is 0. The van der Waals surface area contributed by atoms with Gasteiger partial charge in [-0.25, -0.2) is 4.39 Å². The summed E-state index contributed by atoms with van der Waals surface area (Å²) >= 11 is 3.21. The van der Waals surface area contributed by atoms with Crippen molar-refractivity contribution in [3.05, 3.63) is 34.1 Å². The summed E-state index contributed by atoms with van der Waals surface area (Å²) in [5, 5.41) is 3.36. The number of nitrogens with one attached hydrogen (secondary N) is 1. The summed E-state index contributed by atoms with van der Waals surface area (Å²) < 4.78 is 25.9. The van der Waals surface area contributed by atoms with E-state index in [0.29, 0.717) is 17.0 Å². The molecule has 3 unspecified atom stereocenters. The van der Waals surface area contributed by atoms with Gasteiger partial charge in [0.1, 0.15) is 5.82 Å². The van der Waals surface area contributed by atoms with Crippen molar-refractivity contribution >= 4 is 15.9 Å². The highest BCUT2D eigenvalue weighted by Gasteiger charge is 2.43. The number of rotatable bonds is 3. The van der Waals surface area contributed by atoms with Crippen molar-refractivity contribution in [2.24, 2.45) is 5.92 Å². The van der Waals surface area contributed by atoms with Crippen molar-refractivity contribution < 1.29 is 13.9 Å². The van der Waals surface area contributed by atoms with Gasteiger partial charge in [0.2, 0.25) is 0 Å². The van der Waals surface area contributed by atoms with E-state index in [1.807, 2.05) is 13.1 Å². The molecule has 1 aromatic carbocycles. The molecule has 0 radical (unpaired) electrons. The lowest BCUT2D eigenvalue weighted by Crippen LogP contribution is -2.43. The van der Waals surface area contributed by atoms with Crippen LogP contribution in [-0.2, 0) is 9.47 Å². The van der Waals surface area contributed by atoms with Gasteiger partial charge >= 0.3 is 0 Å². The van der Waals surface area contributed by atoms with Gasteiger partial charge in [-0.1, -0.05) is 6.07 Å². The number of benzene rings is 1. The van der Waals surface area contributed by atoms with E-state index in [1.54, 1.807) is 12.1 Å². The van der Waals surface area contributed by atoms with Crippen molar-refractivity contribution in [2.45, 2.75) is 30.9 Å². The Morgan fingerprint density at radius 2 is 2.29 bits per heavy atom. The molecule has 0 saturated carbocycles. The van der Waals surface area contributed by atoms with Gasteiger partial charge in [-0.3, -0.25) is 0 Å². The number of hydrogen-bond acceptors (Lipinski definition) is 3. The topological polar surface area (TPSA) is 30.5 Å². The van der Waals surface area contributed by atoms with Gasteiger partial charge < -0.3 is 14.8 Å². The third-order valence-electron chi connectivity index (χ3n) is 4.68. The summed E-state index contributed by atoms with van der Waals surface area (Å²) in [6, 6.07) is 5.54. The molecule has 116 valence electrons. The zero-order valence-corrected chi connectivity index (χ0v) is 13.8. The van der Waals surface area contributed by atoms with Crippen molar-refractivity contribution in [2.75, 3.05) is 26.9 Å². The maximum Gasteiger partial charge on any atom is 0.137 e. The van der Waals surface area contributed by atoms with E-state index < -0.39 is 0 Å². The molecule has 2 aliphatic heterocycles. The fourth-order valence-electron chi connectivity index (χ4n) is 3.59. The monoisotopic (exact) mass is 357 g/mol. The van der Waals surface area contributed by atoms with Gasteiger partial charge in [-0.2, -0.15) is 0 Å². The van der Waals surface area contributed by atoms with Crippen LogP contribution in [0.15, 0.2) is 22.7 Å². The molecular weight excluding hydrogens is 337 g/mol. The molecule has 2 aliphatic rings. The molecule has 0 bridgehead atoms. The van der Waals surface area contributed by atoms with E-state index in [9.17, 15) is 4.39 Å². The standard InChI is InChI=1S/C16H21BrFNO2/c1-19-15(11-2-3-13(17)14(18)8-11)12-4-6-21-16(9-12)5-7-20-10-16/h2-3,8,12,15,19H,4-7,9-10H2,1H3. The molecule has 1 N–H and O–H groups in total. The minimum absolute atomic E-state index is 0.119. The van der Waals surface area contributed by atoms with Crippen LogP contribution < -0.4 is 5.32 Å². The molecule has 5 heteroatoms.